The molecular formula is C7H7BrF2N2. The number of hydrogen-bond acceptors (Lipinski definition) is 2. The van der Waals surface area contributed by atoms with Crippen LogP contribution in [0, 0.1) is 6.92 Å². The van der Waals surface area contributed by atoms with Gasteiger partial charge in [0.2, 0.25) is 0 Å². The Morgan fingerprint density at radius 3 is 2.58 bits per heavy atom. The van der Waals surface area contributed by atoms with Crippen molar-refractivity contribution in [1.82, 2.24) is 4.98 Å². The second-order valence-electron chi connectivity index (χ2n) is 2.34. The van der Waals surface area contributed by atoms with Crippen LogP contribution in [0.25, 0.3) is 0 Å². The first kappa shape index (κ1) is 9.38. The summed E-state index contributed by atoms with van der Waals surface area (Å²) in [6, 6.07) is 0. The van der Waals surface area contributed by atoms with E-state index in [2.05, 4.69) is 20.9 Å². The highest BCUT2D eigenvalue weighted by Crippen LogP contribution is 2.31. The van der Waals surface area contributed by atoms with Gasteiger partial charge in [-0.15, -0.1) is 0 Å². The molecule has 5 heteroatoms. The predicted octanol–water partition coefficient (Wildman–Crippen LogP) is 2.67. The van der Waals surface area contributed by atoms with Gasteiger partial charge in [0.1, 0.15) is 4.60 Å². The maximum absolute atomic E-state index is 12.3. The molecule has 0 fully saturated rings. The van der Waals surface area contributed by atoms with E-state index in [0.717, 1.165) is 0 Å². The minimum Gasteiger partial charge on any atom is -0.397 e. The van der Waals surface area contributed by atoms with Crippen molar-refractivity contribution in [3.8, 4) is 0 Å². The zero-order valence-corrected chi connectivity index (χ0v) is 7.90. The number of halogens is 3. The predicted molar refractivity (Wildman–Crippen MR) is 46.0 cm³/mol. The monoisotopic (exact) mass is 236 g/mol. The van der Waals surface area contributed by atoms with Crippen molar-refractivity contribution in [2.75, 3.05) is 5.73 Å². The van der Waals surface area contributed by atoms with Crippen molar-refractivity contribution in [3.05, 3.63) is 21.9 Å². The third-order valence-electron chi connectivity index (χ3n) is 1.59. The number of nitrogens with zero attached hydrogens (tertiary/aromatic N) is 1. The van der Waals surface area contributed by atoms with Crippen molar-refractivity contribution in [3.63, 3.8) is 0 Å². The molecule has 0 spiro atoms. The minimum absolute atomic E-state index is 0.130. The lowest BCUT2D eigenvalue weighted by atomic mass is 10.1. The molecular weight excluding hydrogens is 230 g/mol. The highest BCUT2D eigenvalue weighted by atomic mass is 79.9. The Bertz CT molecular complexity index is 302. The van der Waals surface area contributed by atoms with E-state index >= 15 is 0 Å². The van der Waals surface area contributed by atoms with Crippen LogP contribution in [0.15, 0.2) is 10.8 Å². The molecule has 2 N–H and O–H groups in total. The molecule has 0 aliphatic carbocycles. The lowest BCUT2D eigenvalue weighted by Gasteiger charge is -2.08. The first-order valence-corrected chi connectivity index (χ1v) is 4.02. The van der Waals surface area contributed by atoms with E-state index in [9.17, 15) is 8.78 Å². The quantitative estimate of drug-likeness (QED) is 0.762. The van der Waals surface area contributed by atoms with Gasteiger partial charge in [-0.2, -0.15) is 0 Å². The van der Waals surface area contributed by atoms with E-state index in [1.54, 1.807) is 6.92 Å². The number of nitrogen functional groups attached to an aromatic ring is 1. The summed E-state index contributed by atoms with van der Waals surface area (Å²) in [6.07, 6.45) is -1.19. The molecule has 0 aliphatic rings. The first-order chi connectivity index (χ1) is 5.54. The van der Waals surface area contributed by atoms with Gasteiger partial charge in [0.15, 0.2) is 0 Å². The van der Waals surface area contributed by atoms with Gasteiger partial charge in [-0.1, -0.05) is 0 Å². The zero-order valence-electron chi connectivity index (χ0n) is 6.31. The highest BCUT2D eigenvalue weighted by Gasteiger charge is 2.16. The SMILES string of the molecule is Cc1c(N)cnc(Br)c1C(F)F. The molecule has 0 atom stereocenters. The minimum atomic E-state index is -2.55. The van der Waals surface area contributed by atoms with E-state index in [-0.39, 0.29) is 15.9 Å². The summed E-state index contributed by atoms with van der Waals surface area (Å²) >= 11 is 2.94. The summed E-state index contributed by atoms with van der Waals surface area (Å²) in [6.45, 7) is 1.54. The molecule has 66 valence electrons. The molecule has 2 nitrogen and oxygen atoms in total. The number of hydrogen-bond donors (Lipinski definition) is 1. The maximum Gasteiger partial charge on any atom is 0.266 e. The average molecular weight is 237 g/mol. The summed E-state index contributed by atoms with van der Waals surface area (Å²) in [7, 11) is 0. The van der Waals surface area contributed by atoms with Gasteiger partial charge >= 0.3 is 0 Å². The van der Waals surface area contributed by atoms with Crippen LogP contribution in [0.1, 0.15) is 17.6 Å². The Hall–Kier alpha value is -0.710. The Kier molecular flexibility index (Phi) is 2.62. The van der Waals surface area contributed by atoms with Crippen molar-refractivity contribution in [2.45, 2.75) is 13.3 Å². The van der Waals surface area contributed by atoms with Crippen LogP contribution in [-0.4, -0.2) is 4.98 Å². The largest absolute Gasteiger partial charge is 0.397 e. The van der Waals surface area contributed by atoms with E-state index in [1.165, 1.54) is 6.20 Å². The molecule has 0 unspecified atom stereocenters. The van der Waals surface area contributed by atoms with Gasteiger partial charge in [-0.05, 0) is 28.4 Å². The standard InChI is InChI=1S/C7H7BrF2N2/c1-3-4(11)2-12-6(8)5(3)7(9)10/h2,7H,11H2,1H3. The maximum atomic E-state index is 12.3. The fourth-order valence-electron chi connectivity index (χ4n) is 0.857. The Morgan fingerprint density at radius 2 is 2.17 bits per heavy atom. The van der Waals surface area contributed by atoms with Gasteiger partial charge in [-0.25, -0.2) is 13.8 Å². The molecule has 1 rings (SSSR count). The van der Waals surface area contributed by atoms with Crippen LogP contribution >= 0.6 is 15.9 Å². The van der Waals surface area contributed by atoms with E-state index in [0.29, 0.717) is 5.56 Å². The molecule has 0 saturated heterocycles. The summed E-state index contributed by atoms with van der Waals surface area (Å²) in [5, 5.41) is 0. The van der Waals surface area contributed by atoms with Crippen molar-refractivity contribution >= 4 is 21.6 Å². The van der Waals surface area contributed by atoms with Gasteiger partial charge < -0.3 is 5.73 Å². The summed E-state index contributed by atoms with van der Waals surface area (Å²) in [5.41, 5.74) is 5.95. The normalized spacial score (nSPS) is 10.8. The van der Waals surface area contributed by atoms with E-state index in [4.69, 9.17) is 5.73 Å². The Labute approximate surface area is 76.9 Å². The van der Waals surface area contributed by atoms with Gasteiger partial charge in [0, 0.05) is 0 Å². The molecule has 1 heterocycles. The van der Waals surface area contributed by atoms with Crippen LogP contribution < -0.4 is 5.73 Å². The second kappa shape index (κ2) is 3.35. The molecule has 0 aromatic carbocycles. The number of rotatable bonds is 1. The van der Waals surface area contributed by atoms with E-state index in [1.807, 2.05) is 0 Å². The summed E-state index contributed by atoms with van der Waals surface area (Å²) < 4.78 is 24.8. The van der Waals surface area contributed by atoms with Crippen molar-refractivity contribution < 1.29 is 8.78 Å². The molecule has 1 aromatic rings. The number of aromatic nitrogens is 1. The summed E-state index contributed by atoms with van der Waals surface area (Å²) in [5.74, 6) is 0. The van der Waals surface area contributed by atoms with Crippen LogP contribution in [0.3, 0.4) is 0 Å². The second-order valence-corrected chi connectivity index (χ2v) is 3.09. The lowest BCUT2D eigenvalue weighted by molar-refractivity contribution is 0.149. The lowest BCUT2D eigenvalue weighted by Crippen LogP contribution is -1.99. The van der Waals surface area contributed by atoms with Gasteiger partial charge in [0.05, 0.1) is 17.4 Å². The number of anilines is 1. The van der Waals surface area contributed by atoms with Crippen molar-refractivity contribution in [2.24, 2.45) is 0 Å². The molecule has 12 heavy (non-hydrogen) atoms. The molecule has 0 radical (unpaired) electrons. The topological polar surface area (TPSA) is 38.9 Å². The molecule has 1 aromatic heterocycles. The van der Waals surface area contributed by atoms with E-state index < -0.39 is 6.43 Å². The van der Waals surface area contributed by atoms with Crippen molar-refractivity contribution in [1.29, 1.82) is 0 Å². The third-order valence-corrected chi connectivity index (χ3v) is 2.23. The first-order valence-electron chi connectivity index (χ1n) is 3.22. The zero-order chi connectivity index (χ0) is 9.30. The Balaban J connectivity index is 3.33. The van der Waals surface area contributed by atoms with Gasteiger partial charge in [-0.3, -0.25) is 0 Å². The molecule has 0 aliphatic heterocycles. The Morgan fingerprint density at radius 1 is 1.58 bits per heavy atom. The number of pyridine rings is 1. The number of alkyl halides is 2. The number of nitrogens with two attached hydrogens (primary N) is 1. The molecule has 0 amide bonds. The average Bonchev–Trinajstić information content (AvgIpc) is 1.97. The highest BCUT2D eigenvalue weighted by molar-refractivity contribution is 9.10. The summed E-state index contributed by atoms with van der Waals surface area (Å²) in [4.78, 5) is 3.67. The fraction of sp³-hybridized carbons (Fsp3) is 0.286. The van der Waals surface area contributed by atoms with Crippen LogP contribution in [0.4, 0.5) is 14.5 Å². The third kappa shape index (κ3) is 1.55. The molecule has 0 bridgehead atoms. The van der Waals surface area contributed by atoms with Crippen LogP contribution in [0.5, 0.6) is 0 Å². The van der Waals surface area contributed by atoms with Gasteiger partial charge in [0.25, 0.3) is 6.43 Å². The van der Waals surface area contributed by atoms with Crippen LogP contribution in [0.2, 0.25) is 0 Å². The fourth-order valence-corrected chi connectivity index (χ4v) is 1.43. The smallest absolute Gasteiger partial charge is 0.266 e. The molecule has 0 saturated carbocycles. The van der Waals surface area contributed by atoms with Crippen LogP contribution in [-0.2, 0) is 0 Å².